The molecule has 0 atom stereocenters. The number of nitrogens with one attached hydrogen (secondary N) is 1. The number of carbonyl (C=O) groups is 1. The van der Waals surface area contributed by atoms with Crippen molar-refractivity contribution >= 4 is 28.0 Å². The molecule has 2 heterocycles. The van der Waals surface area contributed by atoms with E-state index in [9.17, 15) is 10.0 Å². The van der Waals surface area contributed by atoms with Gasteiger partial charge in [-0.25, -0.2) is 9.78 Å². The molecular formula is C23H32N4O4. The van der Waals surface area contributed by atoms with Crippen molar-refractivity contribution in [3.63, 3.8) is 0 Å². The molecule has 0 fully saturated rings. The van der Waals surface area contributed by atoms with E-state index in [0.717, 1.165) is 53.6 Å². The van der Waals surface area contributed by atoms with Gasteiger partial charge in [-0.2, -0.15) is 4.73 Å². The van der Waals surface area contributed by atoms with Crippen molar-refractivity contribution < 1.29 is 19.0 Å². The first kappa shape index (κ1) is 22.8. The van der Waals surface area contributed by atoms with Gasteiger partial charge in [-0.1, -0.05) is 38.8 Å². The molecule has 0 aliphatic rings. The molecule has 1 aromatic carbocycles. The summed E-state index contributed by atoms with van der Waals surface area (Å²) in [4.78, 5) is 16.3. The van der Waals surface area contributed by atoms with Gasteiger partial charge < -0.3 is 24.6 Å². The number of benzene rings is 1. The fourth-order valence-electron chi connectivity index (χ4n) is 3.55. The lowest BCUT2D eigenvalue weighted by Crippen LogP contribution is -2.28. The maximum absolute atomic E-state index is 12.4. The molecule has 0 aliphatic carbocycles. The molecule has 8 heteroatoms. The number of alkyl carbamates (subject to hydrolysis) is 1. The molecule has 0 bridgehead atoms. The van der Waals surface area contributed by atoms with Crippen molar-refractivity contribution in [1.82, 2.24) is 14.9 Å². The van der Waals surface area contributed by atoms with Gasteiger partial charge in [-0.15, -0.1) is 0 Å². The fourth-order valence-corrected chi connectivity index (χ4v) is 3.55. The number of amides is 1. The van der Waals surface area contributed by atoms with Crippen molar-refractivity contribution in [3.05, 3.63) is 41.5 Å². The van der Waals surface area contributed by atoms with Crippen LogP contribution in [0.5, 0.6) is 0 Å². The van der Waals surface area contributed by atoms with Gasteiger partial charge in [0.05, 0.1) is 30.7 Å². The van der Waals surface area contributed by atoms with Gasteiger partial charge in [0.1, 0.15) is 5.82 Å². The minimum atomic E-state index is -0.406. The summed E-state index contributed by atoms with van der Waals surface area (Å²) in [6.07, 6.45) is 5.96. The Hall–Kier alpha value is -2.87. The second-order valence-corrected chi connectivity index (χ2v) is 7.52. The number of para-hydroxylation sites is 1. The predicted octanol–water partition coefficient (Wildman–Crippen LogP) is 3.71. The SMILES string of the molecule is CCCCOC(=O)NCCOCCn1c(CCCC)nc2c[n+]([O-])c3ccccc3c21. The summed E-state index contributed by atoms with van der Waals surface area (Å²) >= 11 is 0. The highest BCUT2D eigenvalue weighted by Gasteiger charge is 2.18. The number of aryl methyl sites for hydroxylation is 1. The van der Waals surface area contributed by atoms with Crippen LogP contribution in [-0.4, -0.2) is 42.0 Å². The maximum Gasteiger partial charge on any atom is 0.407 e. The first-order chi connectivity index (χ1) is 15.2. The molecule has 8 nitrogen and oxygen atoms in total. The number of carbonyl (C=O) groups excluding carboxylic acids is 1. The summed E-state index contributed by atoms with van der Waals surface area (Å²) < 4.78 is 13.9. The van der Waals surface area contributed by atoms with Crippen LogP contribution in [0, 0.1) is 5.21 Å². The molecule has 0 saturated heterocycles. The Morgan fingerprint density at radius 3 is 2.77 bits per heavy atom. The van der Waals surface area contributed by atoms with Crippen LogP contribution in [0.15, 0.2) is 30.5 Å². The Balaban J connectivity index is 1.65. The molecule has 0 unspecified atom stereocenters. The molecule has 0 saturated carbocycles. The average Bonchev–Trinajstić information content (AvgIpc) is 3.12. The van der Waals surface area contributed by atoms with Crippen LogP contribution >= 0.6 is 0 Å². The van der Waals surface area contributed by atoms with Gasteiger partial charge in [-0.3, -0.25) is 0 Å². The van der Waals surface area contributed by atoms with Gasteiger partial charge in [0, 0.05) is 25.6 Å². The average molecular weight is 429 g/mol. The van der Waals surface area contributed by atoms with Crippen molar-refractivity contribution in [2.75, 3.05) is 26.4 Å². The third-order valence-electron chi connectivity index (χ3n) is 5.17. The van der Waals surface area contributed by atoms with Crippen LogP contribution in [-0.2, 0) is 22.4 Å². The van der Waals surface area contributed by atoms with E-state index >= 15 is 0 Å². The number of nitrogens with zero attached hydrogens (tertiary/aromatic N) is 3. The molecule has 3 aromatic rings. The zero-order valence-corrected chi connectivity index (χ0v) is 18.4. The van der Waals surface area contributed by atoms with Crippen LogP contribution in [0.3, 0.4) is 0 Å². The molecule has 168 valence electrons. The molecule has 0 spiro atoms. The van der Waals surface area contributed by atoms with E-state index in [1.165, 1.54) is 0 Å². The number of rotatable bonds is 12. The number of unbranched alkanes of at least 4 members (excludes halogenated alkanes) is 2. The lowest BCUT2D eigenvalue weighted by molar-refractivity contribution is -0.575. The third-order valence-corrected chi connectivity index (χ3v) is 5.17. The number of ether oxygens (including phenoxy) is 2. The van der Waals surface area contributed by atoms with Gasteiger partial charge in [0.2, 0.25) is 11.7 Å². The van der Waals surface area contributed by atoms with Crippen molar-refractivity contribution in [1.29, 1.82) is 0 Å². The predicted molar refractivity (Wildman–Crippen MR) is 120 cm³/mol. The number of aromatic nitrogens is 3. The normalized spacial score (nSPS) is 11.3. The Morgan fingerprint density at radius 1 is 1.16 bits per heavy atom. The zero-order valence-electron chi connectivity index (χ0n) is 18.4. The standard InChI is InChI=1S/C23H32N4O4/c1-3-5-11-21-25-19-17-27(29)20-10-8-7-9-18(20)22(19)26(21)13-16-30-15-12-24-23(28)31-14-6-4-2/h7-10,17H,3-6,11-16H2,1-2H3,(H,24,28). The largest absolute Gasteiger partial charge is 0.618 e. The van der Waals surface area contributed by atoms with Crippen molar-refractivity contribution in [3.8, 4) is 0 Å². The van der Waals surface area contributed by atoms with Gasteiger partial charge in [0.25, 0.3) is 0 Å². The molecular weight excluding hydrogens is 396 g/mol. The smallest absolute Gasteiger partial charge is 0.407 e. The highest BCUT2D eigenvalue weighted by Crippen LogP contribution is 2.24. The number of hydrogen-bond donors (Lipinski definition) is 1. The van der Waals surface area contributed by atoms with E-state index < -0.39 is 6.09 Å². The maximum atomic E-state index is 12.4. The molecule has 3 rings (SSSR count). The first-order valence-corrected chi connectivity index (χ1v) is 11.1. The van der Waals surface area contributed by atoms with E-state index in [4.69, 9.17) is 14.5 Å². The molecule has 31 heavy (non-hydrogen) atoms. The lowest BCUT2D eigenvalue weighted by atomic mass is 10.2. The van der Waals surface area contributed by atoms with E-state index in [-0.39, 0.29) is 0 Å². The summed E-state index contributed by atoms with van der Waals surface area (Å²) in [5.74, 6) is 0.967. The Labute approximate surface area is 182 Å². The Kier molecular flexibility index (Phi) is 8.46. The first-order valence-electron chi connectivity index (χ1n) is 11.1. The summed E-state index contributed by atoms with van der Waals surface area (Å²) in [6, 6.07) is 7.59. The van der Waals surface area contributed by atoms with Crippen LogP contribution < -0.4 is 10.0 Å². The second-order valence-electron chi connectivity index (χ2n) is 7.52. The van der Waals surface area contributed by atoms with Gasteiger partial charge >= 0.3 is 6.09 Å². The summed E-state index contributed by atoms with van der Waals surface area (Å²) in [5.41, 5.74) is 2.30. The monoisotopic (exact) mass is 428 g/mol. The molecule has 0 radical (unpaired) electrons. The summed E-state index contributed by atoms with van der Waals surface area (Å²) in [7, 11) is 0. The summed E-state index contributed by atoms with van der Waals surface area (Å²) in [5, 5.41) is 16.0. The van der Waals surface area contributed by atoms with Crippen LogP contribution in [0.2, 0.25) is 0 Å². The zero-order chi connectivity index (χ0) is 22.1. The molecule has 1 N–H and O–H groups in total. The van der Waals surface area contributed by atoms with E-state index in [0.29, 0.717) is 43.9 Å². The molecule has 0 aliphatic heterocycles. The second kappa shape index (κ2) is 11.5. The minimum Gasteiger partial charge on any atom is -0.618 e. The van der Waals surface area contributed by atoms with E-state index in [1.807, 2.05) is 31.2 Å². The van der Waals surface area contributed by atoms with Crippen LogP contribution in [0.4, 0.5) is 4.79 Å². The number of imidazole rings is 1. The van der Waals surface area contributed by atoms with E-state index in [2.05, 4.69) is 16.8 Å². The molecule has 1 amide bonds. The number of pyridine rings is 1. The lowest BCUT2D eigenvalue weighted by Gasteiger charge is -2.11. The van der Waals surface area contributed by atoms with E-state index in [1.54, 1.807) is 6.20 Å². The highest BCUT2D eigenvalue weighted by molar-refractivity contribution is 6.00. The minimum absolute atomic E-state index is 0.400. The number of fused-ring (bicyclic) bond motifs is 3. The van der Waals surface area contributed by atoms with Crippen LogP contribution in [0.1, 0.15) is 45.4 Å². The van der Waals surface area contributed by atoms with Crippen LogP contribution in [0.25, 0.3) is 21.9 Å². The van der Waals surface area contributed by atoms with Gasteiger partial charge in [-0.05, 0) is 18.9 Å². The number of hydrogen-bond acceptors (Lipinski definition) is 5. The Bertz CT molecular complexity index is 1000. The van der Waals surface area contributed by atoms with Gasteiger partial charge in [0.15, 0.2) is 5.52 Å². The highest BCUT2D eigenvalue weighted by atomic mass is 16.5. The third kappa shape index (κ3) is 5.85. The summed E-state index contributed by atoms with van der Waals surface area (Å²) in [6.45, 7) is 6.55. The quantitative estimate of drug-likeness (QED) is 0.270. The van der Waals surface area contributed by atoms with Crippen molar-refractivity contribution in [2.45, 2.75) is 52.5 Å². The topological polar surface area (TPSA) is 92.3 Å². The Morgan fingerprint density at radius 2 is 1.97 bits per heavy atom. The van der Waals surface area contributed by atoms with Crippen molar-refractivity contribution in [2.24, 2.45) is 0 Å². The molecule has 2 aromatic heterocycles. The fraction of sp³-hybridized carbons (Fsp3) is 0.522.